The maximum Gasteiger partial charge on any atom is 0.329 e. The molecule has 4 heterocycles. The fourth-order valence-corrected chi connectivity index (χ4v) is 5.22. The number of piperidine rings is 1. The lowest BCUT2D eigenvalue weighted by atomic mass is 10.0. The van der Waals surface area contributed by atoms with E-state index >= 15 is 4.39 Å². The van der Waals surface area contributed by atoms with Crippen molar-refractivity contribution in [3.05, 3.63) is 88.2 Å². The monoisotopic (exact) mass is 570 g/mol. The van der Waals surface area contributed by atoms with E-state index in [-0.39, 0.29) is 35.3 Å². The maximum atomic E-state index is 15.5. The molecule has 0 amide bonds. The molecule has 1 saturated heterocycles. The Labute approximate surface area is 229 Å². The second-order valence-electron chi connectivity index (χ2n) is 10.0. The second kappa shape index (κ2) is 10.5. The molecule has 6 rings (SSSR count). The van der Waals surface area contributed by atoms with E-state index in [4.69, 9.17) is 4.42 Å². The molecule has 212 valence electrons. The van der Waals surface area contributed by atoms with Gasteiger partial charge in [0.2, 0.25) is 5.89 Å². The lowest BCUT2D eigenvalue weighted by molar-refractivity contribution is 0.116. The van der Waals surface area contributed by atoms with Gasteiger partial charge in [-0.15, -0.1) is 10.2 Å². The normalized spacial score (nSPS) is 14.9. The Morgan fingerprint density at radius 1 is 0.951 bits per heavy atom. The Bertz CT molecular complexity index is 1790. The Morgan fingerprint density at radius 3 is 2.37 bits per heavy atom. The Kier molecular flexibility index (Phi) is 6.89. The van der Waals surface area contributed by atoms with E-state index in [1.54, 1.807) is 16.7 Å². The van der Waals surface area contributed by atoms with Crippen LogP contribution in [-0.4, -0.2) is 49.4 Å². The fraction of sp³-hybridized carbons (Fsp3) is 0.286. The van der Waals surface area contributed by atoms with Gasteiger partial charge in [0.25, 0.3) is 5.89 Å². The molecule has 0 unspecified atom stereocenters. The number of fused-ring (bicyclic) bond motifs is 1. The van der Waals surface area contributed by atoms with E-state index in [2.05, 4.69) is 20.1 Å². The molecule has 0 saturated carbocycles. The van der Waals surface area contributed by atoms with Crippen LogP contribution in [0.3, 0.4) is 0 Å². The average molecular weight is 571 g/mol. The minimum atomic E-state index is -2.90. The van der Waals surface area contributed by atoms with Crippen LogP contribution in [0.15, 0.2) is 57.9 Å². The van der Waals surface area contributed by atoms with Crippen molar-refractivity contribution in [3.8, 4) is 22.6 Å². The van der Waals surface area contributed by atoms with Crippen molar-refractivity contribution in [1.29, 1.82) is 0 Å². The summed E-state index contributed by atoms with van der Waals surface area (Å²) in [7, 11) is 1.99. The Hall–Kier alpha value is -4.39. The third-order valence-corrected chi connectivity index (χ3v) is 7.35. The first-order valence-corrected chi connectivity index (χ1v) is 12.8. The molecule has 1 fully saturated rings. The average Bonchev–Trinajstić information content (AvgIpc) is 3.54. The van der Waals surface area contributed by atoms with Crippen LogP contribution in [0, 0.1) is 17.5 Å². The van der Waals surface area contributed by atoms with Crippen molar-refractivity contribution in [2.75, 3.05) is 20.1 Å². The molecule has 0 atom stereocenters. The Balaban J connectivity index is 1.42. The summed E-state index contributed by atoms with van der Waals surface area (Å²) in [4.78, 5) is 20.3. The first kappa shape index (κ1) is 26.8. The van der Waals surface area contributed by atoms with Gasteiger partial charge in [0.05, 0.1) is 28.8 Å². The third kappa shape index (κ3) is 5.01. The number of nitrogens with zero attached hydrogens (tertiary/aromatic N) is 6. The molecule has 2 aromatic carbocycles. The standard InChI is InChI=1S/C28H23F5N6O2/c1-37-8-6-18(7-9-37)39-24-11-20(19-5-3-16(29)10-21(19)30)22(31)12-23(24)38(28(39)40)14-17-4-2-15(13-34-17)26-35-36-27(41-26)25(32)33/h2-5,10-13,18,25H,6-9,14H2,1H3. The number of benzene rings is 2. The molecule has 1 aliphatic rings. The molecule has 41 heavy (non-hydrogen) atoms. The molecule has 0 bridgehead atoms. The lowest BCUT2D eigenvalue weighted by Crippen LogP contribution is -2.36. The second-order valence-corrected chi connectivity index (χ2v) is 10.0. The molecule has 0 spiro atoms. The highest BCUT2D eigenvalue weighted by molar-refractivity contribution is 5.83. The summed E-state index contributed by atoms with van der Waals surface area (Å²) in [6.07, 6.45) is -0.178. The van der Waals surface area contributed by atoms with Gasteiger partial charge in [-0.2, -0.15) is 8.78 Å². The van der Waals surface area contributed by atoms with Gasteiger partial charge in [0, 0.05) is 35.5 Å². The van der Waals surface area contributed by atoms with Crippen LogP contribution in [0.4, 0.5) is 22.0 Å². The zero-order chi connectivity index (χ0) is 28.8. The van der Waals surface area contributed by atoms with Gasteiger partial charge < -0.3 is 9.32 Å². The highest BCUT2D eigenvalue weighted by Gasteiger charge is 2.26. The molecule has 3 aromatic heterocycles. The number of rotatable bonds is 6. The first-order chi connectivity index (χ1) is 19.7. The van der Waals surface area contributed by atoms with Gasteiger partial charge >= 0.3 is 12.1 Å². The van der Waals surface area contributed by atoms with Crippen LogP contribution < -0.4 is 5.69 Å². The van der Waals surface area contributed by atoms with Crippen LogP contribution in [0.25, 0.3) is 33.6 Å². The van der Waals surface area contributed by atoms with E-state index in [1.807, 2.05) is 7.05 Å². The van der Waals surface area contributed by atoms with E-state index in [1.165, 1.54) is 29.0 Å². The van der Waals surface area contributed by atoms with Gasteiger partial charge in [0.15, 0.2) is 0 Å². The third-order valence-electron chi connectivity index (χ3n) is 7.35. The largest absolute Gasteiger partial charge is 0.415 e. The lowest BCUT2D eigenvalue weighted by Gasteiger charge is -2.29. The van der Waals surface area contributed by atoms with Gasteiger partial charge in [-0.05, 0) is 63.3 Å². The molecule has 1 aliphatic heterocycles. The van der Waals surface area contributed by atoms with Crippen LogP contribution in [0.1, 0.15) is 36.9 Å². The van der Waals surface area contributed by atoms with Gasteiger partial charge in [-0.25, -0.2) is 18.0 Å². The molecular formula is C28H23F5N6O2. The molecule has 13 heteroatoms. The number of halogens is 5. The van der Waals surface area contributed by atoms with Crippen molar-refractivity contribution in [3.63, 3.8) is 0 Å². The van der Waals surface area contributed by atoms with Crippen molar-refractivity contribution >= 4 is 11.0 Å². The molecule has 5 aromatic rings. The molecular weight excluding hydrogens is 547 g/mol. The number of pyridine rings is 1. The quantitative estimate of drug-likeness (QED) is 0.248. The summed E-state index contributed by atoms with van der Waals surface area (Å²) in [5.74, 6) is -3.40. The summed E-state index contributed by atoms with van der Waals surface area (Å²) in [6, 6.07) is 8.47. The summed E-state index contributed by atoms with van der Waals surface area (Å²) >= 11 is 0. The predicted molar refractivity (Wildman–Crippen MR) is 139 cm³/mol. The van der Waals surface area contributed by atoms with E-state index in [9.17, 15) is 22.4 Å². The van der Waals surface area contributed by atoms with Crippen molar-refractivity contribution in [2.24, 2.45) is 0 Å². The van der Waals surface area contributed by atoms with E-state index in [0.29, 0.717) is 41.2 Å². The molecule has 0 radical (unpaired) electrons. The number of hydrogen-bond acceptors (Lipinski definition) is 6. The maximum absolute atomic E-state index is 15.5. The molecule has 0 N–H and O–H groups in total. The smallest absolute Gasteiger partial charge is 0.329 e. The summed E-state index contributed by atoms with van der Waals surface area (Å²) in [6.45, 7) is 1.50. The van der Waals surface area contributed by atoms with Crippen LogP contribution in [-0.2, 0) is 6.54 Å². The molecule has 0 aliphatic carbocycles. The summed E-state index contributed by atoms with van der Waals surface area (Å²) in [5.41, 5.74) is 0.879. The topological polar surface area (TPSA) is 82.0 Å². The van der Waals surface area contributed by atoms with Gasteiger partial charge in [0.1, 0.15) is 17.5 Å². The summed E-state index contributed by atoms with van der Waals surface area (Å²) < 4.78 is 77.2. The fourth-order valence-electron chi connectivity index (χ4n) is 5.22. The number of likely N-dealkylation sites (tertiary alicyclic amines) is 1. The van der Waals surface area contributed by atoms with Gasteiger partial charge in [-0.1, -0.05) is 0 Å². The van der Waals surface area contributed by atoms with Crippen LogP contribution in [0.2, 0.25) is 0 Å². The number of aromatic nitrogens is 5. The molecule has 8 nitrogen and oxygen atoms in total. The van der Waals surface area contributed by atoms with Gasteiger partial charge in [-0.3, -0.25) is 14.1 Å². The zero-order valence-electron chi connectivity index (χ0n) is 21.7. The first-order valence-electron chi connectivity index (χ1n) is 12.8. The highest BCUT2D eigenvalue weighted by atomic mass is 19.3. The predicted octanol–water partition coefficient (Wildman–Crippen LogP) is 5.58. The SMILES string of the molecule is CN1CCC(n2c(=O)n(Cc3ccc(-c4nnc(C(F)F)o4)cn3)c3cc(F)c(-c4ccc(F)cc4F)cc32)CC1. The number of imidazole rings is 1. The van der Waals surface area contributed by atoms with Crippen molar-refractivity contribution in [1.82, 2.24) is 29.2 Å². The van der Waals surface area contributed by atoms with Crippen LogP contribution in [0.5, 0.6) is 0 Å². The minimum absolute atomic E-state index is 0.0228. The van der Waals surface area contributed by atoms with Crippen molar-refractivity contribution in [2.45, 2.75) is 31.9 Å². The minimum Gasteiger partial charge on any atom is -0.415 e. The van der Waals surface area contributed by atoms with E-state index < -0.39 is 29.8 Å². The highest BCUT2D eigenvalue weighted by Crippen LogP contribution is 2.33. The number of alkyl halides is 2. The Morgan fingerprint density at radius 2 is 1.71 bits per heavy atom. The zero-order valence-corrected chi connectivity index (χ0v) is 21.7. The van der Waals surface area contributed by atoms with Crippen LogP contribution >= 0.6 is 0 Å². The summed E-state index contributed by atoms with van der Waals surface area (Å²) in [5, 5.41) is 6.91. The van der Waals surface area contributed by atoms with Crippen molar-refractivity contribution < 1.29 is 26.4 Å². The number of hydrogen-bond donors (Lipinski definition) is 0. The van der Waals surface area contributed by atoms with E-state index in [0.717, 1.165) is 19.2 Å².